The molecule has 0 spiro atoms. The Bertz CT molecular complexity index is 496. The Morgan fingerprint density at radius 3 is 2.60 bits per heavy atom. The van der Waals surface area contributed by atoms with Gasteiger partial charge in [-0.1, -0.05) is 12.1 Å². The number of hydrogen-bond acceptors (Lipinski definition) is 2. The van der Waals surface area contributed by atoms with Crippen LogP contribution in [-0.2, 0) is 17.8 Å². The first-order valence-corrected chi connectivity index (χ1v) is 7.54. The summed E-state index contributed by atoms with van der Waals surface area (Å²) < 4.78 is 0. The highest BCUT2D eigenvalue weighted by atomic mass is 16.1. The first kappa shape index (κ1) is 15.0. The molecule has 1 aromatic rings. The second kappa shape index (κ2) is 6.40. The minimum Gasteiger partial charge on any atom is -0.353 e. The molecule has 1 heterocycles. The van der Waals surface area contributed by atoms with Gasteiger partial charge in [-0.3, -0.25) is 9.69 Å². The summed E-state index contributed by atoms with van der Waals surface area (Å²) in [6.45, 7) is 11.1. The zero-order valence-electron chi connectivity index (χ0n) is 13.1. The lowest BCUT2D eigenvalue weighted by molar-refractivity contribution is -0.119. The number of carbonyl (C=O) groups excluding carboxylic acids is 1. The molecule has 1 amide bonds. The lowest BCUT2D eigenvalue weighted by Crippen LogP contribution is -2.41. The number of carbonyl (C=O) groups is 1. The molecule has 110 valence electrons. The molecule has 0 saturated heterocycles. The molecule has 3 nitrogen and oxygen atoms in total. The van der Waals surface area contributed by atoms with Crippen LogP contribution < -0.4 is 5.32 Å². The van der Waals surface area contributed by atoms with Gasteiger partial charge in [0.25, 0.3) is 0 Å². The number of benzene rings is 1. The molecule has 0 aromatic heterocycles. The van der Waals surface area contributed by atoms with Gasteiger partial charge < -0.3 is 5.32 Å². The SMILES string of the molecule is CC(=O)N[C@@H](C)CN1CCCc2cc(C)c(C)cc2C1. The van der Waals surface area contributed by atoms with Gasteiger partial charge in [0.05, 0.1) is 0 Å². The number of nitrogens with zero attached hydrogens (tertiary/aromatic N) is 1. The van der Waals surface area contributed by atoms with E-state index in [2.05, 4.69) is 43.1 Å². The van der Waals surface area contributed by atoms with Crippen molar-refractivity contribution < 1.29 is 4.79 Å². The van der Waals surface area contributed by atoms with Crippen molar-refractivity contribution in [1.29, 1.82) is 0 Å². The fraction of sp³-hybridized carbons (Fsp3) is 0.588. The molecule has 0 aliphatic carbocycles. The van der Waals surface area contributed by atoms with Crippen LogP contribution >= 0.6 is 0 Å². The number of hydrogen-bond donors (Lipinski definition) is 1. The minimum absolute atomic E-state index is 0.0548. The van der Waals surface area contributed by atoms with Gasteiger partial charge in [-0.15, -0.1) is 0 Å². The normalized spacial score (nSPS) is 17.2. The fourth-order valence-corrected chi connectivity index (χ4v) is 3.06. The molecule has 0 radical (unpaired) electrons. The molecule has 1 N–H and O–H groups in total. The predicted molar refractivity (Wildman–Crippen MR) is 82.8 cm³/mol. The Morgan fingerprint density at radius 1 is 1.30 bits per heavy atom. The third-order valence-electron chi connectivity index (χ3n) is 4.11. The van der Waals surface area contributed by atoms with Crippen molar-refractivity contribution in [2.75, 3.05) is 13.1 Å². The summed E-state index contributed by atoms with van der Waals surface area (Å²) in [4.78, 5) is 13.6. The molecule has 0 unspecified atom stereocenters. The quantitative estimate of drug-likeness (QED) is 0.919. The van der Waals surface area contributed by atoms with Gasteiger partial charge in [-0.25, -0.2) is 0 Å². The first-order chi connectivity index (χ1) is 9.45. The fourth-order valence-electron chi connectivity index (χ4n) is 3.06. The molecule has 0 saturated carbocycles. The Hall–Kier alpha value is -1.35. The van der Waals surface area contributed by atoms with Crippen LogP contribution in [-0.4, -0.2) is 29.9 Å². The lowest BCUT2D eigenvalue weighted by Gasteiger charge is -2.25. The second-order valence-electron chi connectivity index (χ2n) is 6.15. The molecule has 1 aromatic carbocycles. The van der Waals surface area contributed by atoms with E-state index in [9.17, 15) is 4.79 Å². The maximum Gasteiger partial charge on any atom is 0.217 e. The third-order valence-corrected chi connectivity index (χ3v) is 4.11. The highest BCUT2D eigenvalue weighted by Gasteiger charge is 2.17. The number of aryl methyl sites for hydroxylation is 3. The number of fused-ring (bicyclic) bond motifs is 1. The monoisotopic (exact) mass is 274 g/mol. The van der Waals surface area contributed by atoms with Crippen molar-refractivity contribution in [3.63, 3.8) is 0 Å². The summed E-state index contributed by atoms with van der Waals surface area (Å²) >= 11 is 0. The number of nitrogens with one attached hydrogen (secondary N) is 1. The number of rotatable bonds is 3. The Balaban J connectivity index is 2.07. The van der Waals surface area contributed by atoms with E-state index >= 15 is 0 Å². The Labute approximate surface area is 122 Å². The first-order valence-electron chi connectivity index (χ1n) is 7.54. The van der Waals surface area contributed by atoms with E-state index in [1.54, 1.807) is 6.92 Å². The zero-order chi connectivity index (χ0) is 14.7. The zero-order valence-corrected chi connectivity index (χ0v) is 13.1. The molecule has 20 heavy (non-hydrogen) atoms. The van der Waals surface area contributed by atoms with E-state index in [-0.39, 0.29) is 11.9 Å². The minimum atomic E-state index is 0.0548. The Kier molecular flexibility index (Phi) is 4.81. The van der Waals surface area contributed by atoms with Gasteiger partial charge in [-0.05, 0) is 62.4 Å². The largest absolute Gasteiger partial charge is 0.353 e. The highest BCUT2D eigenvalue weighted by molar-refractivity contribution is 5.73. The van der Waals surface area contributed by atoms with Gasteiger partial charge in [0.15, 0.2) is 0 Å². The summed E-state index contributed by atoms with van der Waals surface area (Å²) in [5, 5.41) is 2.97. The molecule has 0 bridgehead atoms. The molecule has 2 rings (SSSR count). The predicted octanol–water partition coefficient (Wildman–Crippen LogP) is 2.58. The average molecular weight is 274 g/mol. The Morgan fingerprint density at radius 2 is 1.95 bits per heavy atom. The van der Waals surface area contributed by atoms with Gasteiger partial charge in [0.1, 0.15) is 0 Å². The van der Waals surface area contributed by atoms with E-state index in [0.29, 0.717) is 0 Å². The maximum absolute atomic E-state index is 11.1. The van der Waals surface area contributed by atoms with E-state index in [1.165, 1.54) is 35.1 Å². The molecule has 1 aliphatic rings. The third kappa shape index (κ3) is 3.83. The van der Waals surface area contributed by atoms with Crippen LogP contribution in [0.1, 0.15) is 42.5 Å². The van der Waals surface area contributed by atoms with Gasteiger partial charge >= 0.3 is 0 Å². The number of amides is 1. The van der Waals surface area contributed by atoms with Crippen molar-refractivity contribution in [3.05, 3.63) is 34.4 Å². The van der Waals surface area contributed by atoms with Crippen molar-refractivity contribution in [1.82, 2.24) is 10.2 Å². The lowest BCUT2D eigenvalue weighted by atomic mass is 9.98. The summed E-state index contributed by atoms with van der Waals surface area (Å²) in [6, 6.07) is 4.90. The molecule has 1 aliphatic heterocycles. The van der Waals surface area contributed by atoms with Crippen LogP contribution in [0, 0.1) is 13.8 Å². The standard InChI is InChI=1S/C17H26N2O/c1-12-8-16-6-5-7-19(10-14(3)18-15(4)20)11-17(16)9-13(12)2/h8-9,14H,5-7,10-11H2,1-4H3,(H,18,20)/t14-/m0/s1. The van der Waals surface area contributed by atoms with Crippen LogP contribution in [0.15, 0.2) is 12.1 Å². The molecular weight excluding hydrogens is 248 g/mol. The van der Waals surface area contributed by atoms with Gasteiger partial charge in [0.2, 0.25) is 5.91 Å². The second-order valence-corrected chi connectivity index (χ2v) is 6.15. The van der Waals surface area contributed by atoms with Crippen molar-refractivity contribution >= 4 is 5.91 Å². The summed E-state index contributed by atoms with van der Waals surface area (Å²) in [5.41, 5.74) is 5.73. The smallest absolute Gasteiger partial charge is 0.217 e. The van der Waals surface area contributed by atoms with Crippen LogP contribution in [0.25, 0.3) is 0 Å². The molecule has 0 fully saturated rings. The molecule has 3 heteroatoms. The summed E-state index contributed by atoms with van der Waals surface area (Å²) in [6.07, 6.45) is 2.36. The molecule has 1 atom stereocenters. The maximum atomic E-state index is 11.1. The van der Waals surface area contributed by atoms with Crippen molar-refractivity contribution in [2.24, 2.45) is 0 Å². The van der Waals surface area contributed by atoms with E-state index in [1.807, 2.05) is 0 Å². The van der Waals surface area contributed by atoms with Crippen LogP contribution in [0.4, 0.5) is 0 Å². The van der Waals surface area contributed by atoms with E-state index < -0.39 is 0 Å². The summed E-state index contributed by atoms with van der Waals surface area (Å²) in [7, 11) is 0. The van der Waals surface area contributed by atoms with Gasteiger partial charge in [0, 0.05) is 26.1 Å². The van der Waals surface area contributed by atoms with Gasteiger partial charge in [-0.2, -0.15) is 0 Å². The topological polar surface area (TPSA) is 32.3 Å². The van der Waals surface area contributed by atoms with E-state index in [0.717, 1.165) is 19.6 Å². The van der Waals surface area contributed by atoms with Crippen LogP contribution in [0.5, 0.6) is 0 Å². The van der Waals surface area contributed by atoms with Crippen molar-refractivity contribution in [3.8, 4) is 0 Å². The average Bonchev–Trinajstić information content (AvgIpc) is 2.50. The van der Waals surface area contributed by atoms with E-state index in [4.69, 9.17) is 0 Å². The summed E-state index contributed by atoms with van der Waals surface area (Å²) in [5.74, 6) is 0.0548. The van der Waals surface area contributed by atoms with Crippen molar-refractivity contribution in [2.45, 2.75) is 53.1 Å². The van der Waals surface area contributed by atoms with Crippen LogP contribution in [0.2, 0.25) is 0 Å². The highest BCUT2D eigenvalue weighted by Crippen LogP contribution is 2.22. The molecular formula is C17H26N2O. The van der Waals surface area contributed by atoms with Crippen LogP contribution in [0.3, 0.4) is 0 Å².